The molecule has 1 N–H and O–H groups in total. The van der Waals surface area contributed by atoms with Gasteiger partial charge in [0, 0.05) is 16.5 Å². The number of hydrogen-bond donors (Lipinski definition) is 1. The maximum atomic E-state index is 10.6. The second kappa shape index (κ2) is 4.30. The number of amides is 1. The molecule has 4 heteroatoms. The van der Waals surface area contributed by atoms with Crippen LogP contribution in [0.5, 0.6) is 0 Å². The normalized spacial score (nSPS) is 28.3. The molecule has 3 nitrogen and oxygen atoms in total. The van der Waals surface area contributed by atoms with Gasteiger partial charge in [0.2, 0.25) is 0 Å². The van der Waals surface area contributed by atoms with Crippen LogP contribution in [0.1, 0.15) is 26.2 Å². The maximum absolute atomic E-state index is 10.6. The molecular formula is C8H14INO2. The summed E-state index contributed by atoms with van der Waals surface area (Å²) in [7, 11) is 0. The first kappa shape index (κ1) is 10.1. The molecule has 70 valence electrons. The molecule has 2 atom stereocenters. The van der Waals surface area contributed by atoms with Gasteiger partial charge in [-0.1, -0.05) is 42.4 Å². The first-order valence-electron chi connectivity index (χ1n) is 4.30. The predicted molar refractivity (Wildman–Crippen MR) is 55.9 cm³/mol. The second-order valence-corrected chi connectivity index (χ2v) is 4.76. The van der Waals surface area contributed by atoms with Crippen LogP contribution in [0.15, 0.2) is 0 Å². The Morgan fingerprint density at radius 2 is 2.42 bits per heavy atom. The van der Waals surface area contributed by atoms with E-state index in [9.17, 15) is 4.79 Å². The average Bonchev–Trinajstić information content (AvgIpc) is 2.00. The molecule has 0 bridgehead atoms. The zero-order valence-electron chi connectivity index (χ0n) is 7.16. The van der Waals surface area contributed by atoms with Gasteiger partial charge in [-0.15, -0.1) is 0 Å². The molecule has 0 aromatic carbocycles. The fourth-order valence-corrected chi connectivity index (χ4v) is 2.64. The van der Waals surface area contributed by atoms with E-state index < -0.39 is 6.09 Å². The zero-order chi connectivity index (χ0) is 9.14. The first-order chi connectivity index (χ1) is 5.66. The lowest BCUT2D eigenvalue weighted by Crippen LogP contribution is -2.59. The molecule has 0 aliphatic carbocycles. The number of carboxylic acid groups (broad SMARTS) is 1. The van der Waals surface area contributed by atoms with Crippen LogP contribution in [-0.2, 0) is 0 Å². The van der Waals surface area contributed by atoms with Crippen LogP contribution in [0.4, 0.5) is 4.79 Å². The molecule has 0 aromatic heterocycles. The quantitative estimate of drug-likeness (QED) is 0.638. The zero-order valence-corrected chi connectivity index (χ0v) is 9.32. The highest BCUT2D eigenvalue weighted by Gasteiger charge is 2.39. The van der Waals surface area contributed by atoms with E-state index in [0.717, 1.165) is 19.3 Å². The molecule has 1 amide bonds. The van der Waals surface area contributed by atoms with E-state index >= 15 is 0 Å². The van der Waals surface area contributed by atoms with Gasteiger partial charge in [-0.25, -0.2) is 4.79 Å². The summed E-state index contributed by atoms with van der Waals surface area (Å²) in [5.41, 5.74) is 0. The summed E-state index contributed by atoms with van der Waals surface area (Å²) in [5, 5.41) is 8.74. The third-order valence-electron chi connectivity index (χ3n) is 2.29. The van der Waals surface area contributed by atoms with Crippen molar-refractivity contribution in [3.63, 3.8) is 0 Å². The summed E-state index contributed by atoms with van der Waals surface area (Å²) in [5.74, 6) is 0. The number of carbonyl (C=O) groups is 1. The van der Waals surface area contributed by atoms with Crippen LogP contribution in [0.3, 0.4) is 0 Å². The Morgan fingerprint density at radius 1 is 1.75 bits per heavy atom. The Morgan fingerprint density at radius 3 is 2.83 bits per heavy atom. The fourth-order valence-electron chi connectivity index (χ4n) is 1.47. The SMILES string of the molecule is CCCCC1C(I)CN1C(=O)O. The van der Waals surface area contributed by atoms with Crippen molar-refractivity contribution >= 4 is 28.7 Å². The molecule has 1 aliphatic heterocycles. The van der Waals surface area contributed by atoms with Gasteiger partial charge in [0.15, 0.2) is 0 Å². The molecule has 1 saturated heterocycles. The highest BCUT2D eigenvalue weighted by molar-refractivity contribution is 14.1. The molecule has 2 unspecified atom stereocenters. The molecule has 1 heterocycles. The molecule has 0 aromatic rings. The van der Waals surface area contributed by atoms with Crippen molar-refractivity contribution in [3.05, 3.63) is 0 Å². The van der Waals surface area contributed by atoms with Crippen LogP contribution in [0.2, 0.25) is 0 Å². The van der Waals surface area contributed by atoms with Crippen molar-refractivity contribution in [2.75, 3.05) is 6.54 Å². The molecule has 1 aliphatic rings. The molecule has 12 heavy (non-hydrogen) atoms. The largest absolute Gasteiger partial charge is 0.465 e. The van der Waals surface area contributed by atoms with Crippen molar-refractivity contribution in [1.82, 2.24) is 4.90 Å². The second-order valence-electron chi connectivity index (χ2n) is 3.16. The van der Waals surface area contributed by atoms with E-state index in [1.807, 2.05) is 0 Å². The molecule has 1 fully saturated rings. The van der Waals surface area contributed by atoms with Gasteiger partial charge in [-0.3, -0.25) is 0 Å². The van der Waals surface area contributed by atoms with Crippen molar-refractivity contribution in [3.8, 4) is 0 Å². The Balaban J connectivity index is 2.34. The summed E-state index contributed by atoms with van der Waals surface area (Å²) in [6, 6.07) is 0.281. The summed E-state index contributed by atoms with van der Waals surface area (Å²) >= 11 is 2.34. The van der Waals surface area contributed by atoms with E-state index in [4.69, 9.17) is 5.11 Å². The summed E-state index contributed by atoms with van der Waals surface area (Å²) in [6.45, 7) is 2.84. The lowest BCUT2D eigenvalue weighted by atomic mass is 9.98. The van der Waals surface area contributed by atoms with Gasteiger partial charge in [-0.05, 0) is 6.42 Å². The van der Waals surface area contributed by atoms with Gasteiger partial charge in [-0.2, -0.15) is 0 Å². The van der Waals surface area contributed by atoms with E-state index in [2.05, 4.69) is 29.5 Å². The predicted octanol–water partition coefficient (Wildman–Crippen LogP) is 2.34. The number of halogens is 1. The van der Waals surface area contributed by atoms with Crippen molar-refractivity contribution < 1.29 is 9.90 Å². The van der Waals surface area contributed by atoms with E-state index in [1.165, 1.54) is 0 Å². The number of unbranched alkanes of at least 4 members (excludes halogenated alkanes) is 1. The highest BCUT2D eigenvalue weighted by Crippen LogP contribution is 2.29. The lowest BCUT2D eigenvalue weighted by molar-refractivity contribution is 0.0801. The van der Waals surface area contributed by atoms with E-state index in [0.29, 0.717) is 10.5 Å². The minimum atomic E-state index is -0.760. The summed E-state index contributed by atoms with van der Waals surface area (Å²) in [4.78, 5) is 12.2. The Hall–Kier alpha value is 0. The molecule has 0 spiro atoms. The van der Waals surface area contributed by atoms with Gasteiger partial charge in [0.1, 0.15) is 0 Å². The number of alkyl halides is 1. The van der Waals surface area contributed by atoms with Crippen LogP contribution in [0, 0.1) is 0 Å². The smallest absolute Gasteiger partial charge is 0.407 e. The van der Waals surface area contributed by atoms with Gasteiger partial charge in [0.25, 0.3) is 0 Å². The van der Waals surface area contributed by atoms with Crippen LogP contribution < -0.4 is 0 Å². The fraction of sp³-hybridized carbons (Fsp3) is 0.875. The Bertz CT molecular complexity index is 174. The van der Waals surface area contributed by atoms with Crippen molar-refractivity contribution in [2.24, 2.45) is 0 Å². The lowest BCUT2D eigenvalue weighted by Gasteiger charge is -2.43. The minimum absolute atomic E-state index is 0.281. The topological polar surface area (TPSA) is 40.5 Å². The minimum Gasteiger partial charge on any atom is -0.465 e. The molecule has 0 radical (unpaired) electrons. The standard InChI is InChI=1S/C8H14INO2/c1-2-3-4-7-6(9)5-10(7)8(11)12/h6-7H,2-5H2,1H3,(H,11,12). The highest BCUT2D eigenvalue weighted by atomic mass is 127. The maximum Gasteiger partial charge on any atom is 0.407 e. The van der Waals surface area contributed by atoms with E-state index in [-0.39, 0.29) is 6.04 Å². The third kappa shape index (κ3) is 2.02. The summed E-state index contributed by atoms with van der Waals surface area (Å²) < 4.78 is 0.533. The molecule has 1 rings (SSSR count). The Kier molecular flexibility index (Phi) is 3.61. The Labute approximate surface area is 86.3 Å². The van der Waals surface area contributed by atoms with Crippen molar-refractivity contribution in [2.45, 2.75) is 36.2 Å². The third-order valence-corrected chi connectivity index (χ3v) is 3.51. The van der Waals surface area contributed by atoms with Gasteiger partial charge >= 0.3 is 6.09 Å². The number of likely N-dealkylation sites (tertiary alicyclic amines) is 1. The number of rotatable bonds is 3. The van der Waals surface area contributed by atoms with Crippen LogP contribution >= 0.6 is 22.6 Å². The number of hydrogen-bond acceptors (Lipinski definition) is 1. The monoisotopic (exact) mass is 283 g/mol. The average molecular weight is 283 g/mol. The first-order valence-corrected chi connectivity index (χ1v) is 5.55. The van der Waals surface area contributed by atoms with Crippen LogP contribution in [0.25, 0.3) is 0 Å². The number of nitrogens with zero attached hydrogens (tertiary/aromatic N) is 1. The van der Waals surface area contributed by atoms with E-state index in [1.54, 1.807) is 4.90 Å². The van der Waals surface area contributed by atoms with Gasteiger partial charge in [0.05, 0.1) is 0 Å². The summed E-state index contributed by atoms with van der Waals surface area (Å²) in [6.07, 6.45) is 2.54. The molecular weight excluding hydrogens is 269 g/mol. The van der Waals surface area contributed by atoms with Crippen LogP contribution in [-0.4, -0.2) is 32.6 Å². The molecule has 0 saturated carbocycles. The van der Waals surface area contributed by atoms with Gasteiger partial charge < -0.3 is 10.0 Å². The van der Waals surface area contributed by atoms with Crippen molar-refractivity contribution in [1.29, 1.82) is 0 Å².